The normalized spacial score (nSPS) is 15.2. The lowest BCUT2D eigenvalue weighted by molar-refractivity contribution is 0.222. The number of urea groups is 1. The number of likely N-dealkylation sites (tertiary alicyclic amines) is 1. The molecule has 0 radical (unpaired) electrons. The molecule has 1 N–H and O–H groups in total. The fourth-order valence-electron chi connectivity index (χ4n) is 1.71. The molecule has 0 saturated carbocycles. The van der Waals surface area contributed by atoms with Crippen LogP contribution < -0.4 is 5.32 Å². The number of amides is 2. The van der Waals surface area contributed by atoms with Gasteiger partial charge in [0, 0.05) is 17.6 Å². The van der Waals surface area contributed by atoms with Gasteiger partial charge < -0.3 is 10.2 Å². The first kappa shape index (κ1) is 11.7. The molecule has 1 heterocycles. The summed E-state index contributed by atoms with van der Waals surface area (Å²) in [6.07, 6.45) is 2.17. The number of anilines is 1. The summed E-state index contributed by atoms with van der Waals surface area (Å²) in [7, 11) is 0. The van der Waals surface area contributed by atoms with Gasteiger partial charge in [0.25, 0.3) is 0 Å². The second-order valence-corrected chi connectivity index (χ2v) is 5.07. The SMILES string of the molecule is O=C(Nc1cc(Br)ccc1Cl)N1CCCC1. The van der Waals surface area contributed by atoms with E-state index in [-0.39, 0.29) is 6.03 Å². The van der Waals surface area contributed by atoms with Gasteiger partial charge >= 0.3 is 6.03 Å². The maximum atomic E-state index is 11.8. The van der Waals surface area contributed by atoms with Crippen LogP contribution in [0.3, 0.4) is 0 Å². The van der Waals surface area contributed by atoms with Crippen LogP contribution in [0.1, 0.15) is 12.8 Å². The predicted molar refractivity (Wildman–Crippen MR) is 69.0 cm³/mol. The number of benzene rings is 1. The number of halogens is 2. The molecule has 1 aliphatic heterocycles. The Kier molecular flexibility index (Phi) is 3.71. The van der Waals surface area contributed by atoms with E-state index in [1.165, 1.54) is 0 Å². The lowest BCUT2D eigenvalue weighted by Gasteiger charge is -2.16. The van der Waals surface area contributed by atoms with Crippen molar-refractivity contribution in [1.82, 2.24) is 4.90 Å². The summed E-state index contributed by atoms with van der Waals surface area (Å²) in [5.74, 6) is 0. The van der Waals surface area contributed by atoms with Crippen LogP contribution in [0.4, 0.5) is 10.5 Å². The lowest BCUT2D eigenvalue weighted by atomic mass is 10.3. The Bertz CT molecular complexity index is 405. The number of nitrogens with zero attached hydrogens (tertiary/aromatic N) is 1. The van der Waals surface area contributed by atoms with Crippen LogP contribution in [0.2, 0.25) is 5.02 Å². The van der Waals surface area contributed by atoms with Crippen molar-refractivity contribution in [2.75, 3.05) is 18.4 Å². The summed E-state index contributed by atoms with van der Waals surface area (Å²) < 4.78 is 0.897. The van der Waals surface area contributed by atoms with E-state index < -0.39 is 0 Å². The van der Waals surface area contributed by atoms with Crippen LogP contribution in [0.25, 0.3) is 0 Å². The highest BCUT2D eigenvalue weighted by atomic mass is 79.9. The van der Waals surface area contributed by atoms with Gasteiger partial charge in [0.15, 0.2) is 0 Å². The fraction of sp³-hybridized carbons (Fsp3) is 0.364. The highest BCUT2D eigenvalue weighted by Gasteiger charge is 2.18. The predicted octanol–water partition coefficient (Wildman–Crippen LogP) is 3.73. The summed E-state index contributed by atoms with van der Waals surface area (Å²) >= 11 is 9.34. The quantitative estimate of drug-likeness (QED) is 0.842. The van der Waals surface area contributed by atoms with Gasteiger partial charge in [-0.25, -0.2) is 4.79 Å². The molecule has 0 spiro atoms. The molecule has 1 aliphatic rings. The van der Waals surface area contributed by atoms with Crippen LogP contribution >= 0.6 is 27.5 Å². The Labute approximate surface area is 108 Å². The molecule has 1 aromatic rings. The van der Waals surface area contributed by atoms with Gasteiger partial charge in [-0.1, -0.05) is 27.5 Å². The smallest absolute Gasteiger partial charge is 0.321 e. The molecular formula is C11H12BrClN2O. The molecule has 0 atom stereocenters. The van der Waals surface area contributed by atoms with E-state index in [0.717, 1.165) is 30.4 Å². The maximum Gasteiger partial charge on any atom is 0.321 e. The zero-order valence-electron chi connectivity index (χ0n) is 8.67. The largest absolute Gasteiger partial charge is 0.325 e. The molecule has 5 heteroatoms. The number of rotatable bonds is 1. The zero-order chi connectivity index (χ0) is 11.5. The van der Waals surface area contributed by atoms with E-state index in [4.69, 9.17) is 11.6 Å². The minimum absolute atomic E-state index is 0.0718. The van der Waals surface area contributed by atoms with Crippen molar-refractivity contribution < 1.29 is 4.79 Å². The third-order valence-corrected chi connectivity index (χ3v) is 3.39. The van der Waals surface area contributed by atoms with E-state index in [2.05, 4.69) is 21.2 Å². The highest BCUT2D eigenvalue weighted by molar-refractivity contribution is 9.10. The number of carbonyl (C=O) groups excluding carboxylic acids is 1. The first-order chi connectivity index (χ1) is 7.66. The van der Waals surface area contributed by atoms with Crippen molar-refractivity contribution in [3.05, 3.63) is 27.7 Å². The Balaban J connectivity index is 2.07. The van der Waals surface area contributed by atoms with E-state index >= 15 is 0 Å². The van der Waals surface area contributed by atoms with Gasteiger partial charge in [0.1, 0.15) is 0 Å². The van der Waals surface area contributed by atoms with Crippen molar-refractivity contribution >= 4 is 39.2 Å². The van der Waals surface area contributed by atoms with Gasteiger partial charge in [0.2, 0.25) is 0 Å². The van der Waals surface area contributed by atoms with Crippen molar-refractivity contribution in [3.8, 4) is 0 Å². The topological polar surface area (TPSA) is 32.3 Å². The second kappa shape index (κ2) is 5.06. The number of hydrogen-bond donors (Lipinski definition) is 1. The van der Waals surface area contributed by atoms with Crippen molar-refractivity contribution in [2.45, 2.75) is 12.8 Å². The van der Waals surface area contributed by atoms with E-state index in [0.29, 0.717) is 10.7 Å². The number of hydrogen-bond acceptors (Lipinski definition) is 1. The van der Waals surface area contributed by atoms with Gasteiger partial charge in [-0.3, -0.25) is 0 Å². The molecule has 0 bridgehead atoms. The molecule has 86 valence electrons. The van der Waals surface area contributed by atoms with Gasteiger partial charge in [-0.2, -0.15) is 0 Å². The first-order valence-electron chi connectivity index (χ1n) is 5.18. The monoisotopic (exact) mass is 302 g/mol. The Hall–Kier alpha value is -0.740. The highest BCUT2D eigenvalue weighted by Crippen LogP contribution is 2.26. The van der Waals surface area contributed by atoms with Gasteiger partial charge in [-0.15, -0.1) is 0 Å². The molecule has 16 heavy (non-hydrogen) atoms. The molecule has 1 saturated heterocycles. The van der Waals surface area contributed by atoms with Gasteiger partial charge in [0.05, 0.1) is 10.7 Å². The average Bonchev–Trinajstić information content (AvgIpc) is 2.76. The Morgan fingerprint density at radius 2 is 2.06 bits per heavy atom. The maximum absolute atomic E-state index is 11.8. The van der Waals surface area contributed by atoms with E-state index in [1.54, 1.807) is 17.0 Å². The average molecular weight is 304 g/mol. The summed E-state index contributed by atoms with van der Waals surface area (Å²) in [5.41, 5.74) is 0.646. The molecule has 3 nitrogen and oxygen atoms in total. The van der Waals surface area contributed by atoms with Crippen molar-refractivity contribution in [3.63, 3.8) is 0 Å². The molecule has 0 unspecified atom stereocenters. The standard InChI is InChI=1S/C11H12BrClN2O/c12-8-3-4-9(13)10(7-8)14-11(16)15-5-1-2-6-15/h3-4,7H,1-2,5-6H2,(H,14,16). The van der Waals surface area contributed by atoms with E-state index in [9.17, 15) is 4.79 Å². The van der Waals surface area contributed by atoms with Crippen LogP contribution in [-0.2, 0) is 0 Å². The summed E-state index contributed by atoms with van der Waals surface area (Å²) in [6, 6.07) is 5.33. The molecule has 2 rings (SSSR count). The number of carbonyl (C=O) groups is 1. The molecule has 2 amide bonds. The van der Waals surface area contributed by atoms with E-state index in [1.807, 2.05) is 6.07 Å². The van der Waals surface area contributed by atoms with Gasteiger partial charge in [-0.05, 0) is 31.0 Å². The number of nitrogens with one attached hydrogen (secondary N) is 1. The molecule has 0 aliphatic carbocycles. The summed E-state index contributed by atoms with van der Waals surface area (Å²) in [5, 5.41) is 3.37. The lowest BCUT2D eigenvalue weighted by Crippen LogP contribution is -2.32. The third-order valence-electron chi connectivity index (χ3n) is 2.56. The Morgan fingerprint density at radius 1 is 1.38 bits per heavy atom. The summed E-state index contributed by atoms with van der Waals surface area (Å²) in [4.78, 5) is 13.6. The molecular weight excluding hydrogens is 291 g/mol. The summed E-state index contributed by atoms with van der Waals surface area (Å²) in [6.45, 7) is 1.66. The van der Waals surface area contributed by atoms with Crippen LogP contribution in [0.5, 0.6) is 0 Å². The molecule has 0 aromatic heterocycles. The second-order valence-electron chi connectivity index (χ2n) is 3.75. The minimum Gasteiger partial charge on any atom is -0.325 e. The molecule has 1 fully saturated rings. The van der Waals surface area contributed by atoms with Crippen LogP contribution in [0, 0.1) is 0 Å². The minimum atomic E-state index is -0.0718. The van der Waals surface area contributed by atoms with Crippen LogP contribution in [-0.4, -0.2) is 24.0 Å². The molecule has 1 aromatic carbocycles. The Morgan fingerprint density at radius 3 is 2.75 bits per heavy atom. The third kappa shape index (κ3) is 2.68. The zero-order valence-corrected chi connectivity index (χ0v) is 11.0. The fourth-order valence-corrected chi connectivity index (χ4v) is 2.23. The van der Waals surface area contributed by atoms with Crippen molar-refractivity contribution in [2.24, 2.45) is 0 Å². The van der Waals surface area contributed by atoms with Crippen molar-refractivity contribution in [1.29, 1.82) is 0 Å². The van der Waals surface area contributed by atoms with Crippen LogP contribution in [0.15, 0.2) is 22.7 Å². The first-order valence-corrected chi connectivity index (χ1v) is 6.35.